The van der Waals surface area contributed by atoms with Gasteiger partial charge in [-0.3, -0.25) is 4.98 Å². The van der Waals surface area contributed by atoms with Crippen molar-refractivity contribution in [2.45, 2.75) is 25.7 Å². The lowest BCUT2D eigenvalue weighted by atomic mass is 9.95. The maximum atomic E-state index is 6.16. The zero-order valence-corrected chi connectivity index (χ0v) is 12.1. The molecule has 0 unspecified atom stereocenters. The van der Waals surface area contributed by atoms with E-state index in [1.807, 2.05) is 0 Å². The van der Waals surface area contributed by atoms with Gasteiger partial charge in [-0.1, -0.05) is 5.16 Å². The molecular weight excluding hydrogens is 286 g/mol. The van der Waals surface area contributed by atoms with Crippen LogP contribution in [-0.2, 0) is 12.8 Å². The molecular formula is C14H13N5OS. The Labute approximate surface area is 125 Å². The van der Waals surface area contributed by atoms with Gasteiger partial charge >= 0.3 is 0 Å². The number of aryl methyl sites for hydroxylation is 1. The molecule has 0 saturated carbocycles. The smallest absolute Gasteiger partial charge is 0.261 e. The molecule has 0 aliphatic heterocycles. The minimum Gasteiger partial charge on any atom is -0.390 e. The van der Waals surface area contributed by atoms with E-state index in [-0.39, 0.29) is 0 Å². The molecule has 3 aromatic rings. The summed E-state index contributed by atoms with van der Waals surface area (Å²) in [6.45, 7) is 0. The molecule has 0 saturated heterocycles. The Morgan fingerprint density at radius 3 is 2.95 bits per heavy atom. The van der Waals surface area contributed by atoms with Crippen LogP contribution in [0.3, 0.4) is 0 Å². The first-order chi connectivity index (χ1) is 10.3. The number of nitrogen functional groups attached to an aromatic ring is 1. The average molecular weight is 299 g/mol. The van der Waals surface area contributed by atoms with Gasteiger partial charge in [-0.05, 0) is 31.2 Å². The van der Waals surface area contributed by atoms with Crippen molar-refractivity contribution < 1.29 is 4.52 Å². The molecule has 1 aliphatic carbocycles. The van der Waals surface area contributed by atoms with Crippen LogP contribution < -0.4 is 5.73 Å². The highest BCUT2D eigenvalue weighted by molar-refractivity contribution is 7.16. The first kappa shape index (κ1) is 12.5. The van der Waals surface area contributed by atoms with Crippen molar-refractivity contribution >= 4 is 16.3 Å². The van der Waals surface area contributed by atoms with Gasteiger partial charge in [0, 0.05) is 17.3 Å². The number of anilines is 1. The van der Waals surface area contributed by atoms with E-state index in [0.29, 0.717) is 17.4 Å². The van der Waals surface area contributed by atoms with Gasteiger partial charge in [0.1, 0.15) is 5.69 Å². The van der Waals surface area contributed by atoms with Crippen LogP contribution in [0.4, 0.5) is 5.00 Å². The molecule has 0 atom stereocenters. The van der Waals surface area contributed by atoms with E-state index in [2.05, 4.69) is 20.1 Å². The minimum absolute atomic E-state index is 0.438. The van der Waals surface area contributed by atoms with Crippen LogP contribution in [0.2, 0.25) is 0 Å². The number of rotatable bonds is 2. The van der Waals surface area contributed by atoms with Crippen molar-refractivity contribution in [3.05, 3.63) is 29.0 Å². The van der Waals surface area contributed by atoms with Gasteiger partial charge in [0.05, 0.1) is 16.8 Å². The predicted molar refractivity (Wildman–Crippen MR) is 79.7 cm³/mol. The lowest BCUT2D eigenvalue weighted by molar-refractivity contribution is 0.432. The van der Waals surface area contributed by atoms with Crippen LogP contribution >= 0.6 is 11.3 Å². The standard InChI is InChI=1S/C14H13N5OS/c15-12-11(8-3-1-2-4-10(8)21-12)14-18-13(19-20-14)9-7-16-5-6-17-9/h5-7H,1-4,15H2. The van der Waals surface area contributed by atoms with Gasteiger partial charge in [-0.15, -0.1) is 11.3 Å². The van der Waals surface area contributed by atoms with E-state index < -0.39 is 0 Å². The third kappa shape index (κ3) is 2.09. The highest BCUT2D eigenvalue weighted by Gasteiger charge is 2.24. The van der Waals surface area contributed by atoms with Crippen LogP contribution in [-0.4, -0.2) is 20.1 Å². The molecule has 0 aromatic carbocycles. The number of nitrogens with zero attached hydrogens (tertiary/aromatic N) is 4. The molecule has 4 rings (SSSR count). The first-order valence-electron chi connectivity index (χ1n) is 6.83. The molecule has 106 valence electrons. The van der Waals surface area contributed by atoms with E-state index in [1.54, 1.807) is 29.9 Å². The molecule has 3 aromatic heterocycles. The average Bonchev–Trinajstić information content (AvgIpc) is 3.11. The quantitative estimate of drug-likeness (QED) is 0.782. The molecule has 0 amide bonds. The zero-order chi connectivity index (χ0) is 14.2. The molecule has 0 radical (unpaired) electrons. The maximum absolute atomic E-state index is 6.16. The summed E-state index contributed by atoms with van der Waals surface area (Å²) >= 11 is 1.64. The molecule has 7 heteroatoms. The summed E-state index contributed by atoms with van der Waals surface area (Å²) in [5.41, 5.74) is 8.95. The monoisotopic (exact) mass is 299 g/mol. The summed E-state index contributed by atoms with van der Waals surface area (Å²) in [5.74, 6) is 0.917. The van der Waals surface area contributed by atoms with E-state index >= 15 is 0 Å². The number of hydrogen-bond acceptors (Lipinski definition) is 7. The summed E-state index contributed by atoms with van der Waals surface area (Å²) in [6.07, 6.45) is 9.35. The molecule has 21 heavy (non-hydrogen) atoms. The normalized spacial score (nSPS) is 14.1. The van der Waals surface area contributed by atoms with Crippen molar-refractivity contribution in [1.29, 1.82) is 0 Å². The van der Waals surface area contributed by atoms with Crippen molar-refractivity contribution in [3.8, 4) is 23.0 Å². The predicted octanol–water partition coefficient (Wildman–Crippen LogP) is 2.72. The van der Waals surface area contributed by atoms with Gasteiger partial charge in [0.2, 0.25) is 5.82 Å². The number of aromatic nitrogens is 4. The Bertz CT molecular complexity index is 780. The van der Waals surface area contributed by atoms with Crippen LogP contribution in [0.1, 0.15) is 23.3 Å². The van der Waals surface area contributed by atoms with Crippen molar-refractivity contribution in [2.75, 3.05) is 5.73 Å². The van der Waals surface area contributed by atoms with E-state index in [9.17, 15) is 0 Å². The minimum atomic E-state index is 0.438. The topological polar surface area (TPSA) is 90.7 Å². The zero-order valence-electron chi connectivity index (χ0n) is 11.2. The van der Waals surface area contributed by atoms with Crippen LogP contribution in [0.15, 0.2) is 23.1 Å². The van der Waals surface area contributed by atoms with Gasteiger partial charge < -0.3 is 10.3 Å². The molecule has 2 N–H and O–H groups in total. The Kier molecular flexibility index (Phi) is 2.92. The van der Waals surface area contributed by atoms with Crippen molar-refractivity contribution in [1.82, 2.24) is 20.1 Å². The Morgan fingerprint density at radius 2 is 2.10 bits per heavy atom. The van der Waals surface area contributed by atoms with Gasteiger partial charge in [-0.2, -0.15) is 4.98 Å². The molecule has 0 bridgehead atoms. The Hall–Kier alpha value is -2.28. The molecule has 0 fully saturated rings. The van der Waals surface area contributed by atoms with Crippen LogP contribution in [0, 0.1) is 0 Å². The third-order valence-electron chi connectivity index (χ3n) is 3.63. The van der Waals surface area contributed by atoms with Crippen LogP contribution in [0.5, 0.6) is 0 Å². The Morgan fingerprint density at radius 1 is 1.19 bits per heavy atom. The highest BCUT2D eigenvalue weighted by Crippen LogP contribution is 2.42. The molecule has 0 spiro atoms. The van der Waals surface area contributed by atoms with Gasteiger partial charge in [-0.25, -0.2) is 4.98 Å². The largest absolute Gasteiger partial charge is 0.390 e. The number of hydrogen-bond donors (Lipinski definition) is 1. The summed E-state index contributed by atoms with van der Waals surface area (Å²) in [7, 11) is 0. The summed E-state index contributed by atoms with van der Waals surface area (Å²) in [5, 5.41) is 4.75. The lowest BCUT2D eigenvalue weighted by Crippen LogP contribution is -1.99. The van der Waals surface area contributed by atoms with Crippen molar-refractivity contribution in [3.63, 3.8) is 0 Å². The fourth-order valence-electron chi connectivity index (χ4n) is 2.67. The highest BCUT2D eigenvalue weighted by atomic mass is 32.1. The fourth-order valence-corrected chi connectivity index (χ4v) is 3.82. The number of fused-ring (bicyclic) bond motifs is 1. The molecule has 6 nitrogen and oxygen atoms in total. The molecule has 1 aliphatic rings. The van der Waals surface area contributed by atoms with Crippen molar-refractivity contribution in [2.24, 2.45) is 0 Å². The second kappa shape index (κ2) is 4.92. The summed E-state index contributed by atoms with van der Waals surface area (Å²) in [6, 6.07) is 0. The van der Waals surface area contributed by atoms with E-state index in [1.165, 1.54) is 23.3 Å². The number of thiophene rings is 1. The van der Waals surface area contributed by atoms with Crippen LogP contribution in [0.25, 0.3) is 23.0 Å². The molecule has 3 heterocycles. The second-order valence-electron chi connectivity index (χ2n) is 4.96. The lowest BCUT2D eigenvalue weighted by Gasteiger charge is -2.10. The van der Waals surface area contributed by atoms with Gasteiger partial charge in [0.25, 0.3) is 5.89 Å². The first-order valence-corrected chi connectivity index (χ1v) is 7.65. The maximum Gasteiger partial charge on any atom is 0.261 e. The SMILES string of the molecule is Nc1sc2c(c1-c1nc(-c3cnccn3)no1)CCCC2. The second-order valence-corrected chi connectivity index (χ2v) is 6.10. The summed E-state index contributed by atoms with van der Waals surface area (Å²) in [4.78, 5) is 14.0. The summed E-state index contributed by atoms with van der Waals surface area (Å²) < 4.78 is 5.41. The number of nitrogens with two attached hydrogens (primary N) is 1. The van der Waals surface area contributed by atoms with Gasteiger partial charge in [0.15, 0.2) is 0 Å². The van der Waals surface area contributed by atoms with E-state index in [4.69, 9.17) is 10.3 Å². The van der Waals surface area contributed by atoms with E-state index in [0.717, 1.165) is 23.4 Å². The Balaban J connectivity index is 1.78. The fraction of sp³-hybridized carbons (Fsp3) is 0.286. The third-order valence-corrected chi connectivity index (χ3v) is 4.75.